The van der Waals surface area contributed by atoms with Crippen LogP contribution in [-0.2, 0) is 43.6 Å². The van der Waals surface area contributed by atoms with Crippen LogP contribution in [0.2, 0.25) is 0 Å². The Balaban J connectivity index is 0.000000653. The molecule has 4 heterocycles. The highest BCUT2D eigenvalue weighted by atomic mass is 32.1. The van der Waals surface area contributed by atoms with Crippen molar-refractivity contribution in [3.05, 3.63) is 162 Å². The van der Waals surface area contributed by atoms with E-state index >= 15 is 0 Å². The molecule has 0 bridgehead atoms. The Morgan fingerprint density at radius 3 is 0.902 bits per heavy atom. The van der Waals surface area contributed by atoms with Crippen LogP contribution in [0.5, 0.6) is 0 Å². The van der Waals surface area contributed by atoms with E-state index in [-0.39, 0.29) is 97.7 Å². The van der Waals surface area contributed by atoms with Gasteiger partial charge in [-0.1, -0.05) is 395 Å². The van der Waals surface area contributed by atoms with Crippen LogP contribution in [0.4, 0.5) is 0 Å². The molecule has 7 rings (SSSR count). The molecule has 112 heavy (non-hydrogen) atoms. The van der Waals surface area contributed by atoms with Crippen LogP contribution in [0, 0.1) is 70.4 Å². The maximum atomic E-state index is 2.44. The van der Waals surface area contributed by atoms with Gasteiger partial charge in [-0.25, -0.2) is 0 Å². The zero-order valence-electron chi connectivity index (χ0n) is 85.6. The summed E-state index contributed by atoms with van der Waals surface area (Å²) >= 11 is 3.81. The third-order valence-corrected chi connectivity index (χ3v) is 31.3. The van der Waals surface area contributed by atoms with E-state index in [1.807, 2.05) is 22.7 Å². The van der Waals surface area contributed by atoms with Gasteiger partial charge in [-0.2, -0.15) is 0 Å². The number of allylic oxidation sites excluding steroid dienone is 12. The lowest BCUT2D eigenvalue weighted by Crippen LogP contribution is -2.42. The van der Waals surface area contributed by atoms with E-state index in [9.17, 15) is 0 Å². The third kappa shape index (κ3) is 26.0. The molecule has 3 aliphatic rings. The molecule has 4 aromatic heterocycles. The van der Waals surface area contributed by atoms with E-state index in [4.69, 9.17) is 0 Å². The molecule has 0 radical (unpaired) electrons. The van der Waals surface area contributed by atoms with Crippen LogP contribution >= 0.6 is 22.7 Å². The van der Waals surface area contributed by atoms with E-state index in [1.54, 1.807) is 38.3 Å². The van der Waals surface area contributed by atoms with E-state index in [0.717, 1.165) is 19.3 Å². The first-order valence-corrected chi connectivity index (χ1v) is 45.4. The van der Waals surface area contributed by atoms with Crippen molar-refractivity contribution >= 4 is 22.7 Å². The highest BCUT2D eigenvalue weighted by Crippen LogP contribution is 2.56. The topological polar surface area (TPSA) is 9.86 Å². The van der Waals surface area contributed by atoms with Gasteiger partial charge in [0.25, 0.3) is 0 Å². The Labute approximate surface area is 709 Å². The average molecular weight is 1580 g/mol. The number of nitrogens with zero attached hydrogens (tertiary/aromatic N) is 2. The Bertz CT molecular complexity index is 3460. The van der Waals surface area contributed by atoms with Crippen molar-refractivity contribution < 1.29 is 0 Å². The maximum Gasteiger partial charge on any atom is 0.0434 e. The zero-order chi connectivity index (χ0) is 89.4. The van der Waals surface area contributed by atoms with Crippen molar-refractivity contribution in [3.8, 4) is 0 Å². The smallest absolute Gasteiger partial charge is 0.0434 e. The molecule has 0 atom stereocenters. The summed E-state index contributed by atoms with van der Waals surface area (Å²) in [6, 6.07) is 13.4. The maximum absolute atomic E-state index is 2.44. The SMILES string of the molecule is CC(C)(C)C1=C(C(C)(C)C(C)(C)C)CC=C1.CC(C)(C)C1=CCC=C1C(C)(C)C(C)(C)C.CC(C)(C)C1=CCC=C1C(C)(C)C(C)(C)C.CC(C)(C)c1cccn1C(C)(C)C(C)(C)C.CC(C)(C)c1ccsc1C(C)(C)C(C)(C)C.CC(C)(C)c1sccc1C(C)(C)C(C)(C)C.CC(C)(C)n1cccc1C(C)(C)C(C)(C)C. The zero-order valence-corrected chi connectivity index (χ0v) is 87.2. The molecule has 0 aromatic carbocycles. The van der Waals surface area contributed by atoms with E-state index in [0.29, 0.717) is 16.2 Å². The predicted octanol–water partition coefficient (Wildman–Crippen LogP) is 36.0. The van der Waals surface area contributed by atoms with Crippen molar-refractivity contribution in [3.63, 3.8) is 0 Å². The third-order valence-electron chi connectivity index (χ3n) is 28.7. The Morgan fingerprint density at radius 1 is 0.268 bits per heavy atom. The molecule has 0 amide bonds. The number of hydrogen-bond donors (Lipinski definition) is 0. The van der Waals surface area contributed by atoms with Crippen molar-refractivity contribution in [1.82, 2.24) is 9.13 Å². The standard InChI is InChI=1S/3C16H28.2C15H27N.2C15H26S/c3*1-14(2,3)12-10-9-11-13(12)16(7,8)15(4,5)6;1-13(2,3)15(7,8)12-10-9-11-16(12)14(4,5)6;1-13(2,3)12-10-9-11-16(12)15(7,8)14(4,5)6;1-13(2,3)12-11(9-10-16-12)15(7,8)14(4,5)6;1-13(2,3)11-9-10-16-12(11)15(7,8)14(4,5)6/h2*10-11H,9H2,1-8H3;9-10H,11H2,1-8H3;2*9-11H,1-8H3;2*9-10H,1-8H3. The fraction of sp³-hybridized carbons (Fsp3) is 0.741. The molecule has 2 nitrogen and oxygen atoms in total. The van der Waals surface area contributed by atoms with Crippen LogP contribution in [0.1, 0.15) is 439 Å². The van der Waals surface area contributed by atoms with Crippen LogP contribution in [0.15, 0.2) is 129 Å². The summed E-state index contributed by atoms with van der Waals surface area (Å²) in [4.78, 5) is 3.08. The summed E-state index contributed by atoms with van der Waals surface area (Å²) in [5.74, 6) is 0. The van der Waals surface area contributed by atoms with Crippen LogP contribution in [0.25, 0.3) is 0 Å². The molecular weight excluding hydrogens is 1390 g/mol. The van der Waals surface area contributed by atoms with Gasteiger partial charge in [0, 0.05) is 60.9 Å². The first kappa shape index (κ1) is 106. The lowest BCUT2D eigenvalue weighted by molar-refractivity contribution is 0.133. The second-order valence-electron chi connectivity index (χ2n) is 52.0. The quantitative estimate of drug-likeness (QED) is 0.175. The minimum absolute atomic E-state index is 0.124. The minimum atomic E-state index is 0.124. The van der Waals surface area contributed by atoms with Gasteiger partial charge in [0.05, 0.1) is 0 Å². The fourth-order valence-electron chi connectivity index (χ4n) is 13.9. The molecule has 0 spiro atoms. The lowest BCUT2D eigenvalue weighted by atomic mass is 9.61. The molecule has 0 aliphatic heterocycles. The van der Waals surface area contributed by atoms with Crippen LogP contribution in [0.3, 0.4) is 0 Å². The van der Waals surface area contributed by atoms with Crippen LogP contribution in [-0.4, -0.2) is 9.13 Å². The van der Waals surface area contributed by atoms with E-state index in [2.05, 4.69) is 493 Å². The largest absolute Gasteiger partial charge is 0.346 e. The van der Waals surface area contributed by atoms with Gasteiger partial charge < -0.3 is 9.13 Å². The van der Waals surface area contributed by atoms with Crippen molar-refractivity contribution in [2.75, 3.05) is 0 Å². The number of rotatable bonds is 7. The number of hydrogen-bond acceptors (Lipinski definition) is 2. The summed E-state index contributed by atoms with van der Waals surface area (Å²) in [5.41, 5.74) is 20.4. The van der Waals surface area contributed by atoms with Crippen molar-refractivity contribution in [2.45, 2.75) is 451 Å². The Kier molecular flexibility index (Phi) is 33.6. The monoisotopic (exact) mass is 1580 g/mol. The summed E-state index contributed by atoms with van der Waals surface area (Å²) in [5, 5.41) is 4.48. The minimum Gasteiger partial charge on any atom is -0.346 e. The highest BCUT2D eigenvalue weighted by Gasteiger charge is 2.46. The second kappa shape index (κ2) is 35.4. The molecular formula is C108H190N2S2. The van der Waals surface area contributed by atoms with E-state index < -0.39 is 0 Å². The molecule has 4 aromatic rings. The van der Waals surface area contributed by atoms with Crippen LogP contribution < -0.4 is 0 Å². The second-order valence-corrected chi connectivity index (χ2v) is 53.9. The van der Waals surface area contributed by atoms with Crippen molar-refractivity contribution in [1.29, 1.82) is 0 Å². The predicted molar refractivity (Wildman–Crippen MR) is 515 cm³/mol. The van der Waals surface area contributed by atoms with Gasteiger partial charge in [0.1, 0.15) is 0 Å². The number of aromatic nitrogens is 2. The molecule has 0 unspecified atom stereocenters. The van der Waals surface area contributed by atoms with Gasteiger partial charge in [0.15, 0.2) is 0 Å². The molecule has 0 saturated carbocycles. The van der Waals surface area contributed by atoms with Gasteiger partial charge in [0.2, 0.25) is 0 Å². The highest BCUT2D eigenvalue weighted by molar-refractivity contribution is 7.10. The van der Waals surface area contributed by atoms with Gasteiger partial charge in [-0.15, -0.1) is 22.7 Å². The first-order chi connectivity index (χ1) is 48.8. The summed E-state index contributed by atoms with van der Waals surface area (Å²) in [7, 11) is 0. The summed E-state index contributed by atoms with van der Waals surface area (Å²) in [6.45, 7) is 130. The summed E-state index contributed by atoms with van der Waals surface area (Å²) in [6.07, 6.45) is 22.1. The summed E-state index contributed by atoms with van der Waals surface area (Å²) < 4.78 is 4.84. The molecule has 0 fully saturated rings. The Morgan fingerprint density at radius 2 is 0.598 bits per heavy atom. The molecule has 0 saturated heterocycles. The van der Waals surface area contributed by atoms with Crippen molar-refractivity contribution in [2.24, 2.45) is 70.4 Å². The lowest BCUT2D eigenvalue weighted by Gasteiger charge is -2.43. The molecule has 0 N–H and O–H groups in total. The number of thiophene rings is 2. The van der Waals surface area contributed by atoms with Gasteiger partial charge in [-0.3, -0.25) is 0 Å². The fourth-order valence-corrected chi connectivity index (χ4v) is 16.5. The van der Waals surface area contributed by atoms with Gasteiger partial charge >= 0.3 is 0 Å². The average Bonchev–Trinajstić information content (AvgIpc) is 1.59. The molecule has 3 aliphatic carbocycles. The molecule has 644 valence electrons. The van der Waals surface area contributed by atoms with Gasteiger partial charge in [-0.05, 0) is 227 Å². The normalized spacial score (nSPS) is 16.1. The first-order valence-electron chi connectivity index (χ1n) is 43.6. The Hall–Kier alpha value is -3.60. The van der Waals surface area contributed by atoms with E-state index in [1.165, 1.54) is 27.4 Å². The molecule has 4 heteroatoms.